The fraction of sp³-hybridized carbons (Fsp3) is 0.286. The van der Waals surface area contributed by atoms with Gasteiger partial charge in [0, 0.05) is 47.9 Å². The van der Waals surface area contributed by atoms with E-state index in [0.717, 1.165) is 36.9 Å². The summed E-state index contributed by atoms with van der Waals surface area (Å²) in [6.07, 6.45) is 7.76. The fourth-order valence-corrected chi connectivity index (χ4v) is 4.03. The molecule has 0 bridgehead atoms. The summed E-state index contributed by atoms with van der Waals surface area (Å²) in [5, 5.41) is 18.5. The molecule has 4 rings (SSSR count). The Hall–Kier alpha value is -3.26. The van der Waals surface area contributed by atoms with E-state index in [0.29, 0.717) is 13.1 Å². The number of hydrogen-bond donors (Lipinski definition) is 1. The average Bonchev–Trinajstić information content (AvgIpc) is 3.13. The molecule has 3 aromatic rings. The molecule has 0 unspecified atom stereocenters. The van der Waals surface area contributed by atoms with E-state index in [1.165, 1.54) is 29.5 Å². The highest BCUT2D eigenvalue weighted by atomic mass is 35.5. The Morgan fingerprint density at radius 1 is 1.20 bits per heavy atom. The second-order valence-corrected chi connectivity index (χ2v) is 7.52. The molecule has 1 aliphatic rings. The highest BCUT2D eigenvalue weighted by Crippen LogP contribution is 2.31. The number of halogens is 1. The van der Waals surface area contributed by atoms with Gasteiger partial charge in [0.15, 0.2) is 0 Å². The van der Waals surface area contributed by atoms with Gasteiger partial charge in [-0.3, -0.25) is 24.6 Å². The number of fused-ring (bicyclic) bond motifs is 1. The molecule has 0 radical (unpaired) electrons. The van der Waals surface area contributed by atoms with Crippen molar-refractivity contribution in [3.63, 3.8) is 0 Å². The van der Waals surface area contributed by atoms with Crippen LogP contribution in [0.2, 0.25) is 5.02 Å². The van der Waals surface area contributed by atoms with E-state index in [-0.39, 0.29) is 22.2 Å². The molecule has 2 heterocycles. The van der Waals surface area contributed by atoms with Crippen molar-refractivity contribution in [1.29, 1.82) is 0 Å². The number of nitro groups is 1. The van der Waals surface area contributed by atoms with E-state index in [1.807, 2.05) is 16.8 Å². The van der Waals surface area contributed by atoms with Crippen LogP contribution in [0.4, 0.5) is 5.69 Å². The first-order valence-corrected chi connectivity index (χ1v) is 10.1. The van der Waals surface area contributed by atoms with Crippen LogP contribution in [-0.2, 0) is 19.4 Å². The molecule has 0 saturated carbocycles. The minimum Gasteiger partial charge on any atom is -0.350 e. The van der Waals surface area contributed by atoms with Crippen molar-refractivity contribution in [1.82, 2.24) is 20.1 Å². The van der Waals surface area contributed by atoms with Gasteiger partial charge in [-0.15, -0.1) is 0 Å². The van der Waals surface area contributed by atoms with Crippen molar-refractivity contribution in [2.24, 2.45) is 0 Å². The van der Waals surface area contributed by atoms with Crippen LogP contribution < -0.4 is 5.32 Å². The first-order chi connectivity index (χ1) is 14.5. The molecule has 1 amide bonds. The predicted octanol–water partition coefficient (Wildman–Crippen LogP) is 3.82. The third-order valence-corrected chi connectivity index (χ3v) is 5.54. The molecule has 30 heavy (non-hydrogen) atoms. The summed E-state index contributed by atoms with van der Waals surface area (Å²) in [5.74, 6) is -0.370. The molecular formula is C21H20ClN5O3. The number of benzene rings is 1. The monoisotopic (exact) mass is 425 g/mol. The average molecular weight is 426 g/mol. The van der Waals surface area contributed by atoms with Gasteiger partial charge < -0.3 is 5.32 Å². The van der Waals surface area contributed by atoms with E-state index in [9.17, 15) is 14.9 Å². The molecule has 9 heteroatoms. The molecule has 8 nitrogen and oxygen atoms in total. The highest BCUT2D eigenvalue weighted by Gasteiger charge is 2.22. The van der Waals surface area contributed by atoms with E-state index in [1.54, 1.807) is 12.4 Å². The minimum absolute atomic E-state index is 0.0538. The lowest BCUT2D eigenvalue weighted by molar-refractivity contribution is -0.384. The van der Waals surface area contributed by atoms with Gasteiger partial charge in [-0.25, -0.2) is 0 Å². The van der Waals surface area contributed by atoms with Crippen LogP contribution >= 0.6 is 11.6 Å². The smallest absolute Gasteiger partial charge is 0.270 e. The second kappa shape index (κ2) is 8.62. The molecular weight excluding hydrogens is 406 g/mol. The van der Waals surface area contributed by atoms with Crippen molar-refractivity contribution < 1.29 is 9.72 Å². The van der Waals surface area contributed by atoms with E-state index in [4.69, 9.17) is 16.7 Å². The topological polar surface area (TPSA) is 103 Å². The quantitative estimate of drug-likeness (QED) is 0.477. The third-order valence-electron chi connectivity index (χ3n) is 5.23. The van der Waals surface area contributed by atoms with Gasteiger partial charge >= 0.3 is 0 Å². The van der Waals surface area contributed by atoms with Gasteiger partial charge in [-0.2, -0.15) is 5.10 Å². The summed E-state index contributed by atoms with van der Waals surface area (Å²) in [6.45, 7) is 0.903. The van der Waals surface area contributed by atoms with Gasteiger partial charge in [0.1, 0.15) is 0 Å². The molecule has 154 valence electrons. The van der Waals surface area contributed by atoms with Crippen LogP contribution in [0.5, 0.6) is 0 Å². The zero-order valence-electron chi connectivity index (χ0n) is 16.2. The zero-order valence-corrected chi connectivity index (χ0v) is 16.9. The number of amides is 1. The Bertz CT molecular complexity index is 1100. The molecule has 0 atom stereocenters. The summed E-state index contributed by atoms with van der Waals surface area (Å²) < 4.78 is 1.97. The van der Waals surface area contributed by atoms with Crippen LogP contribution in [0.3, 0.4) is 0 Å². The first-order valence-electron chi connectivity index (χ1n) is 9.75. The number of nitrogens with zero attached hydrogens (tertiary/aromatic N) is 4. The van der Waals surface area contributed by atoms with E-state index < -0.39 is 4.92 Å². The van der Waals surface area contributed by atoms with Crippen LogP contribution in [0.25, 0.3) is 11.3 Å². The molecule has 0 aliphatic heterocycles. The lowest BCUT2D eigenvalue weighted by atomic mass is 9.94. The first kappa shape index (κ1) is 20.0. The van der Waals surface area contributed by atoms with Gasteiger partial charge in [0.05, 0.1) is 27.7 Å². The number of pyridine rings is 1. The number of carbonyl (C=O) groups excluding carboxylic acids is 1. The van der Waals surface area contributed by atoms with Gasteiger partial charge in [-0.05, 0) is 43.9 Å². The second-order valence-electron chi connectivity index (χ2n) is 7.12. The summed E-state index contributed by atoms with van der Waals surface area (Å²) in [4.78, 5) is 26.8. The lowest BCUT2D eigenvalue weighted by Crippen LogP contribution is -2.28. The molecule has 0 fully saturated rings. The summed E-state index contributed by atoms with van der Waals surface area (Å²) in [5.41, 5.74) is 4.58. The molecule has 0 spiro atoms. The number of nitro benzene ring substituents is 1. The van der Waals surface area contributed by atoms with Crippen LogP contribution in [0.1, 0.15) is 34.5 Å². The highest BCUT2D eigenvalue weighted by molar-refractivity contribution is 6.34. The predicted molar refractivity (Wildman–Crippen MR) is 113 cm³/mol. The minimum atomic E-state index is -0.547. The number of non-ortho nitro benzene ring substituents is 1. The van der Waals surface area contributed by atoms with Gasteiger partial charge in [-0.1, -0.05) is 11.6 Å². The van der Waals surface area contributed by atoms with Crippen LogP contribution in [0.15, 0.2) is 42.7 Å². The molecule has 2 aromatic heterocycles. The Morgan fingerprint density at radius 2 is 1.97 bits per heavy atom. The molecule has 1 N–H and O–H groups in total. The maximum atomic E-state index is 12.5. The number of rotatable bonds is 6. The SMILES string of the molecule is O=C(NCCn1nc(-c2ccncc2)c2c1CCCC2)c1ccc([N+](=O)[O-])cc1Cl. The summed E-state index contributed by atoms with van der Waals surface area (Å²) >= 11 is 6.04. The van der Waals surface area contributed by atoms with Crippen LogP contribution in [-0.4, -0.2) is 32.1 Å². The Morgan fingerprint density at radius 3 is 2.70 bits per heavy atom. The maximum absolute atomic E-state index is 12.5. The van der Waals surface area contributed by atoms with E-state index >= 15 is 0 Å². The number of nitrogens with one attached hydrogen (secondary N) is 1. The van der Waals surface area contributed by atoms with Crippen LogP contribution in [0, 0.1) is 10.1 Å². The number of carbonyl (C=O) groups is 1. The van der Waals surface area contributed by atoms with Gasteiger partial charge in [0.2, 0.25) is 0 Å². The van der Waals surface area contributed by atoms with Crippen molar-refractivity contribution >= 4 is 23.2 Å². The molecule has 0 saturated heterocycles. The molecule has 1 aromatic carbocycles. The number of hydrogen-bond acceptors (Lipinski definition) is 5. The standard InChI is InChI=1S/C21H20ClN5O3/c22-18-13-15(27(29)30)5-6-16(18)21(28)24-11-12-26-19-4-2-1-3-17(19)20(25-26)14-7-9-23-10-8-14/h5-10,13H,1-4,11-12H2,(H,24,28). The van der Waals surface area contributed by atoms with Crippen molar-refractivity contribution in [3.8, 4) is 11.3 Å². The lowest BCUT2D eigenvalue weighted by Gasteiger charge is -2.14. The Labute approximate surface area is 178 Å². The zero-order chi connectivity index (χ0) is 21.1. The Balaban J connectivity index is 1.47. The largest absolute Gasteiger partial charge is 0.350 e. The summed E-state index contributed by atoms with van der Waals surface area (Å²) in [6, 6.07) is 7.74. The van der Waals surface area contributed by atoms with Crippen molar-refractivity contribution in [2.45, 2.75) is 32.2 Å². The van der Waals surface area contributed by atoms with Crippen molar-refractivity contribution in [3.05, 3.63) is 74.7 Å². The maximum Gasteiger partial charge on any atom is 0.270 e. The van der Waals surface area contributed by atoms with Gasteiger partial charge in [0.25, 0.3) is 11.6 Å². The summed E-state index contributed by atoms with van der Waals surface area (Å²) in [7, 11) is 0. The van der Waals surface area contributed by atoms with E-state index in [2.05, 4.69) is 10.3 Å². The third kappa shape index (κ3) is 4.04. The normalized spacial score (nSPS) is 13.0. The Kier molecular flexibility index (Phi) is 5.76. The molecule has 1 aliphatic carbocycles. The number of aromatic nitrogens is 3. The van der Waals surface area contributed by atoms with Crippen molar-refractivity contribution in [2.75, 3.05) is 6.54 Å². The fourth-order valence-electron chi connectivity index (χ4n) is 3.77.